The van der Waals surface area contributed by atoms with Crippen molar-refractivity contribution < 1.29 is 9.59 Å². The van der Waals surface area contributed by atoms with Crippen molar-refractivity contribution in [3.05, 3.63) is 22.8 Å². The summed E-state index contributed by atoms with van der Waals surface area (Å²) in [6.07, 6.45) is 6.20. The van der Waals surface area contributed by atoms with Crippen LogP contribution in [0.25, 0.3) is 0 Å². The van der Waals surface area contributed by atoms with Crippen LogP contribution in [0.5, 0.6) is 0 Å². The van der Waals surface area contributed by atoms with Crippen molar-refractivity contribution in [1.82, 2.24) is 0 Å². The second-order valence-corrected chi connectivity index (χ2v) is 9.01. The fraction of sp³-hybridized carbons (Fsp3) is 0.700. The van der Waals surface area contributed by atoms with Crippen LogP contribution in [-0.4, -0.2) is 11.6 Å². The van der Waals surface area contributed by atoms with E-state index in [4.69, 9.17) is 11.6 Å². The number of hydrogen-bond acceptors (Lipinski definition) is 2. The molecule has 0 unspecified atom stereocenters. The van der Waals surface area contributed by atoms with Crippen LogP contribution in [0.15, 0.2) is 22.8 Å². The zero-order chi connectivity index (χ0) is 16.6. The lowest BCUT2D eigenvalue weighted by Gasteiger charge is -2.57. The van der Waals surface area contributed by atoms with Crippen LogP contribution in [0, 0.1) is 28.6 Å². The van der Waals surface area contributed by atoms with E-state index in [0.29, 0.717) is 35.0 Å². The highest BCUT2D eigenvalue weighted by atomic mass is 35.5. The molecule has 23 heavy (non-hydrogen) atoms. The fourth-order valence-electron chi connectivity index (χ4n) is 6.45. The van der Waals surface area contributed by atoms with E-state index in [1.165, 1.54) is 0 Å². The SMILES string of the molecule is C=C1C[C@@H]2[C@H](CC[C@]3(C)C(=O)CC[C@@H]23)[C@@]2(C)CCC(=O)C(Cl)=C12. The third kappa shape index (κ3) is 1.88. The molecule has 124 valence electrons. The first-order chi connectivity index (χ1) is 10.8. The fourth-order valence-corrected chi connectivity index (χ4v) is 6.89. The Balaban J connectivity index is 1.79. The van der Waals surface area contributed by atoms with Crippen molar-refractivity contribution in [2.75, 3.05) is 0 Å². The Kier molecular flexibility index (Phi) is 3.27. The first kappa shape index (κ1) is 15.6. The zero-order valence-electron chi connectivity index (χ0n) is 14.1. The molecule has 0 saturated heterocycles. The molecular weight excluding hydrogens is 308 g/mol. The van der Waals surface area contributed by atoms with Crippen LogP contribution in [0.4, 0.5) is 0 Å². The second kappa shape index (κ2) is 4.81. The Bertz CT molecular complexity index is 661. The molecule has 4 aliphatic carbocycles. The van der Waals surface area contributed by atoms with Crippen LogP contribution in [0.1, 0.15) is 58.8 Å². The zero-order valence-corrected chi connectivity index (χ0v) is 14.8. The predicted molar refractivity (Wildman–Crippen MR) is 91.0 cm³/mol. The molecular formula is C20H25ClO2. The van der Waals surface area contributed by atoms with Crippen molar-refractivity contribution in [3.8, 4) is 0 Å². The molecule has 4 aliphatic rings. The largest absolute Gasteiger partial charge is 0.299 e. The monoisotopic (exact) mass is 332 g/mol. The molecule has 5 atom stereocenters. The molecule has 3 saturated carbocycles. The van der Waals surface area contributed by atoms with Gasteiger partial charge in [0.1, 0.15) is 5.78 Å². The summed E-state index contributed by atoms with van der Waals surface area (Å²) >= 11 is 6.43. The van der Waals surface area contributed by atoms with Gasteiger partial charge in [-0.2, -0.15) is 0 Å². The second-order valence-electron chi connectivity index (χ2n) is 8.63. The Morgan fingerprint density at radius 1 is 1.04 bits per heavy atom. The summed E-state index contributed by atoms with van der Waals surface area (Å²) in [6.45, 7) is 8.78. The number of rotatable bonds is 0. The number of ketones is 2. The average Bonchev–Trinajstić information content (AvgIpc) is 2.79. The number of carbonyl (C=O) groups is 2. The maximum absolute atomic E-state index is 12.4. The number of fused-ring (bicyclic) bond motifs is 5. The minimum Gasteiger partial charge on any atom is -0.299 e. The van der Waals surface area contributed by atoms with E-state index in [9.17, 15) is 9.59 Å². The number of allylic oxidation sites excluding steroid dienone is 2. The number of Topliss-reactive ketones (excluding diaryl/α,β-unsaturated/α-hetero) is 2. The summed E-state index contributed by atoms with van der Waals surface area (Å²) in [7, 11) is 0. The van der Waals surface area contributed by atoms with Gasteiger partial charge < -0.3 is 0 Å². The van der Waals surface area contributed by atoms with Gasteiger partial charge in [-0.05, 0) is 66.4 Å². The normalized spacial score (nSPS) is 46.6. The van der Waals surface area contributed by atoms with E-state index in [0.717, 1.165) is 49.7 Å². The van der Waals surface area contributed by atoms with E-state index in [1.807, 2.05) is 0 Å². The Hall–Kier alpha value is -0.890. The van der Waals surface area contributed by atoms with Crippen LogP contribution in [0.2, 0.25) is 0 Å². The Labute approximate surface area is 143 Å². The Morgan fingerprint density at radius 3 is 2.48 bits per heavy atom. The highest BCUT2D eigenvalue weighted by molar-refractivity contribution is 6.43. The third-order valence-corrected chi connectivity index (χ3v) is 8.11. The maximum atomic E-state index is 12.4. The summed E-state index contributed by atoms with van der Waals surface area (Å²) < 4.78 is 0. The van der Waals surface area contributed by atoms with Crippen molar-refractivity contribution in [3.63, 3.8) is 0 Å². The predicted octanol–water partition coefficient (Wildman–Crippen LogP) is 4.82. The quantitative estimate of drug-likeness (QED) is 0.637. The minimum absolute atomic E-state index is 0.0298. The molecule has 0 bridgehead atoms. The summed E-state index contributed by atoms with van der Waals surface area (Å²) in [5.41, 5.74) is 1.95. The van der Waals surface area contributed by atoms with Gasteiger partial charge in [0.15, 0.2) is 5.78 Å². The van der Waals surface area contributed by atoms with Crippen molar-refractivity contribution in [2.24, 2.45) is 28.6 Å². The first-order valence-corrected chi connectivity index (χ1v) is 9.32. The number of hydrogen-bond donors (Lipinski definition) is 0. The average molecular weight is 333 g/mol. The molecule has 0 aromatic heterocycles. The summed E-state index contributed by atoms with van der Waals surface area (Å²) in [4.78, 5) is 24.5. The molecule has 0 heterocycles. The van der Waals surface area contributed by atoms with Gasteiger partial charge in [0.25, 0.3) is 0 Å². The summed E-state index contributed by atoms with van der Waals surface area (Å²) in [6, 6.07) is 0. The van der Waals surface area contributed by atoms with Crippen molar-refractivity contribution in [2.45, 2.75) is 58.8 Å². The van der Waals surface area contributed by atoms with E-state index >= 15 is 0 Å². The smallest absolute Gasteiger partial charge is 0.174 e. The number of carbonyl (C=O) groups excluding carboxylic acids is 2. The van der Waals surface area contributed by atoms with Crippen molar-refractivity contribution in [1.29, 1.82) is 0 Å². The number of halogens is 1. The Morgan fingerprint density at radius 2 is 1.74 bits per heavy atom. The first-order valence-electron chi connectivity index (χ1n) is 8.94. The molecule has 0 N–H and O–H groups in total. The van der Waals surface area contributed by atoms with Crippen LogP contribution in [0.3, 0.4) is 0 Å². The third-order valence-electron chi connectivity index (χ3n) is 7.71. The maximum Gasteiger partial charge on any atom is 0.174 e. The van der Waals surface area contributed by atoms with Gasteiger partial charge in [0, 0.05) is 18.3 Å². The van der Waals surface area contributed by atoms with Crippen LogP contribution in [-0.2, 0) is 9.59 Å². The summed E-state index contributed by atoms with van der Waals surface area (Å²) in [5, 5.41) is 0.443. The minimum atomic E-state index is -0.118. The van der Waals surface area contributed by atoms with Gasteiger partial charge in [0.2, 0.25) is 0 Å². The lowest BCUT2D eigenvalue weighted by atomic mass is 9.46. The van der Waals surface area contributed by atoms with Gasteiger partial charge in [-0.25, -0.2) is 0 Å². The van der Waals surface area contributed by atoms with Gasteiger partial charge in [-0.3, -0.25) is 9.59 Å². The molecule has 0 aliphatic heterocycles. The highest BCUT2D eigenvalue weighted by Crippen LogP contribution is 2.66. The molecule has 0 aromatic carbocycles. The van der Waals surface area contributed by atoms with Gasteiger partial charge >= 0.3 is 0 Å². The summed E-state index contributed by atoms with van der Waals surface area (Å²) in [5.74, 6) is 2.10. The van der Waals surface area contributed by atoms with Crippen LogP contribution < -0.4 is 0 Å². The highest BCUT2D eigenvalue weighted by Gasteiger charge is 2.60. The standard InChI is InChI=1S/C20H25ClO2/c1-11-10-12-13-4-5-16(23)19(13,2)8-6-14(12)20(3)9-7-15(22)18(21)17(11)20/h12-14H,1,4-10H2,2-3H3/t12-,13-,14-,19-,20+/m0/s1. The molecule has 0 amide bonds. The lowest BCUT2D eigenvalue weighted by molar-refractivity contribution is -0.132. The van der Waals surface area contributed by atoms with E-state index in [2.05, 4.69) is 20.4 Å². The van der Waals surface area contributed by atoms with Gasteiger partial charge in [0.05, 0.1) is 5.03 Å². The van der Waals surface area contributed by atoms with E-state index in [1.54, 1.807) is 0 Å². The van der Waals surface area contributed by atoms with Gasteiger partial charge in [-0.15, -0.1) is 0 Å². The van der Waals surface area contributed by atoms with Crippen LogP contribution >= 0.6 is 11.6 Å². The van der Waals surface area contributed by atoms with E-state index < -0.39 is 0 Å². The molecule has 3 fully saturated rings. The van der Waals surface area contributed by atoms with E-state index in [-0.39, 0.29) is 16.6 Å². The molecule has 0 radical (unpaired) electrons. The molecule has 0 spiro atoms. The molecule has 0 aromatic rings. The van der Waals surface area contributed by atoms with Gasteiger partial charge in [-0.1, -0.05) is 32.0 Å². The molecule has 2 nitrogen and oxygen atoms in total. The lowest BCUT2D eigenvalue weighted by Crippen LogP contribution is -2.51. The molecule has 3 heteroatoms. The topological polar surface area (TPSA) is 34.1 Å². The molecule has 4 rings (SSSR count). The van der Waals surface area contributed by atoms with Crippen molar-refractivity contribution >= 4 is 23.2 Å².